The van der Waals surface area contributed by atoms with Crippen LogP contribution < -0.4 is 32.9 Å². The first-order valence-electron chi connectivity index (χ1n) is 16.0. The third-order valence-corrected chi connectivity index (χ3v) is 7.52. The summed E-state index contributed by atoms with van der Waals surface area (Å²) < 4.78 is 42.6. The highest BCUT2D eigenvalue weighted by molar-refractivity contribution is 5.76. The summed E-state index contributed by atoms with van der Waals surface area (Å²) in [5.74, 6) is -0.200. The number of nitrogens with one attached hydrogen (secondary N) is 2. The quantitative estimate of drug-likeness (QED) is 0.0722. The summed E-state index contributed by atoms with van der Waals surface area (Å²) in [5.41, 5.74) is 19.9. The highest BCUT2D eigenvalue weighted by Crippen LogP contribution is 2.33. The zero-order chi connectivity index (χ0) is 36.6. The Balaban J connectivity index is 0.000000286. The largest absolute Gasteiger partial charge is 0.573 e. The smallest absolute Gasteiger partial charge is 0.406 e. The number of aromatic amines is 1. The molecule has 0 fully saturated rings. The highest BCUT2D eigenvalue weighted by atomic mass is 19.4. The number of hydrogen-bond donors (Lipinski definition) is 6. The van der Waals surface area contributed by atoms with E-state index in [2.05, 4.69) is 51.9 Å². The summed E-state index contributed by atoms with van der Waals surface area (Å²) in [6.07, 6.45) is -2.68. The molecule has 1 unspecified atom stereocenters. The SMILES string of the molecule is CC(C)(C)c1cc(OC(F)(F)F)cc(C(O)CCN)c1.CC(C)(C)c1cc2cn(-c3ccc(CNCCCN=C(N)N)cc3)c(=O)nc2[nH]1. The van der Waals surface area contributed by atoms with Crippen molar-refractivity contribution in [2.24, 2.45) is 22.2 Å². The number of benzene rings is 2. The summed E-state index contributed by atoms with van der Waals surface area (Å²) in [6, 6.07) is 14.2. The van der Waals surface area contributed by atoms with Crippen molar-refractivity contribution in [2.75, 3.05) is 19.6 Å². The maximum absolute atomic E-state index is 12.5. The molecule has 0 aliphatic heterocycles. The minimum Gasteiger partial charge on any atom is -0.406 e. The maximum atomic E-state index is 12.5. The molecule has 4 aromatic rings. The minimum atomic E-state index is -4.76. The molecule has 9 N–H and O–H groups in total. The van der Waals surface area contributed by atoms with Crippen LogP contribution in [0.25, 0.3) is 16.7 Å². The molecule has 0 saturated heterocycles. The summed E-state index contributed by atoms with van der Waals surface area (Å²) in [4.78, 5) is 23.9. The lowest BCUT2D eigenvalue weighted by Crippen LogP contribution is -2.23. The molecule has 14 heteroatoms. The van der Waals surface area contributed by atoms with E-state index in [1.165, 1.54) is 12.1 Å². The molecule has 0 aliphatic carbocycles. The molecule has 0 aliphatic rings. The Kier molecular flexibility index (Phi) is 13.0. The number of aromatic nitrogens is 3. The number of aliphatic imine (C=N–C) groups is 1. The van der Waals surface area contributed by atoms with Crippen LogP contribution in [0.1, 0.15) is 82.9 Å². The van der Waals surface area contributed by atoms with Crippen molar-refractivity contribution in [2.45, 2.75) is 84.2 Å². The number of fused-ring (bicyclic) bond motifs is 1. The van der Waals surface area contributed by atoms with Gasteiger partial charge < -0.3 is 37.3 Å². The molecule has 2 aromatic carbocycles. The van der Waals surface area contributed by atoms with Gasteiger partial charge in [0.2, 0.25) is 0 Å². The average Bonchev–Trinajstić information content (AvgIpc) is 3.41. The van der Waals surface area contributed by atoms with Gasteiger partial charge >= 0.3 is 12.1 Å². The van der Waals surface area contributed by atoms with Crippen LogP contribution in [-0.4, -0.2) is 51.6 Å². The van der Waals surface area contributed by atoms with Crippen LogP contribution >= 0.6 is 0 Å². The van der Waals surface area contributed by atoms with E-state index in [1.807, 2.05) is 51.2 Å². The van der Waals surface area contributed by atoms with Gasteiger partial charge in [-0.1, -0.05) is 59.7 Å². The van der Waals surface area contributed by atoms with Crippen molar-refractivity contribution in [1.29, 1.82) is 0 Å². The number of H-pyrrole nitrogens is 1. The molecule has 2 heterocycles. The number of halogens is 3. The number of aliphatic hydroxyl groups excluding tert-OH is 1. The van der Waals surface area contributed by atoms with Gasteiger partial charge in [0.25, 0.3) is 0 Å². The maximum Gasteiger partial charge on any atom is 0.573 e. The second kappa shape index (κ2) is 16.3. The lowest BCUT2D eigenvalue weighted by Gasteiger charge is -2.23. The summed E-state index contributed by atoms with van der Waals surface area (Å²) >= 11 is 0. The number of guanidine groups is 1. The number of rotatable bonds is 11. The van der Waals surface area contributed by atoms with Gasteiger partial charge in [0, 0.05) is 35.8 Å². The Morgan fingerprint density at radius 2 is 1.71 bits per heavy atom. The molecule has 49 heavy (non-hydrogen) atoms. The minimum absolute atomic E-state index is 0.0352. The van der Waals surface area contributed by atoms with Gasteiger partial charge in [-0.05, 0) is 78.4 Å². The average molecular weight is 687 g/mol. The molecule has 0 saturated carbocycles. The van der Waals surface area contributed by atoms with Crippen molar-refractivity contribution in [3.63, 3.8) is 0 Å². The van der Waals surface area contributed by atoms with E-state index in [9.17, 15) is 23.1 Å². The topological polar surface area (TPSA) is 183 Å². The molecule has 2 aromatic heterocycles. The van der Waals surface area contributed by atoms with E-state index in [0.29, 0.717) is 23.3 Å². The van der Waals surface area contributed by atoms with E-state index in [0.717, 1.165) is 41.8 Å². The van der Waals surface area contributed by atoms with Gasteiger partial charge in [-0.25, -0.2) is 4.79 Å². The fraction of sp³-hybridized carbons (Fsp3) is 0.457. The number of hydrogen-bond acceptors (Lipinski definition) is 7. The number of nitrogens with zero attached hydrogens (tertiary/aromatic N) is 3. The van der Waals surface area contributed by atoms with Gasteiger partial charge in [-0.2, -0.15) is 4.98 Å². The molecular formula is C35H49F3N8O3. The summed E-state index contributed by atoms with van der Waals surface area (Å²) in [7, 11) is 0. The lowest BCUT2D eigenvalue weighted by molar-refractivity contribution is -0.274. The van der Waals surface area contributed by atoms with Gasteiger partial charge in [0.15, 0.2) is 5.96 Å². The van der Waals surface area contributed by atoms with Crippen molar-refractivity contribution in [3.8, 4) is 11.4 Å². The number of ether oxygens (including phenoxy) is 1. The van der Waals surface area contributed by atoms with Crippen LogP contribution in [0.15, 0.2) is 64.5 Å². The Morgan fingerprint density at radius 3 is 2.29 bits per heavy atom. The third-order valence-electron chi connectivity index (χ3n) is 7.52. The van der Waals surface area contributed by atoms with Gasteiger partial charge in [-0.3, -0.25) is 9.56 Å². The fourth-order valence-corrected chi connectivity index (χ4v) is 4.77. The first-order valence-corrected chi connectivity index (χ1v) is 16.0. The van der Waals surface area contributed by atoms with E-state index >= 15 is 0 Å². The standard InChI is InChI=1S/C21H29N7O.C14H20F3NO2/c1-21(2,3)17-11-15-13-28(20(29)27-18(15)26-17)16-7-5-14(6-8-16)12-24-9-4-10-25-19(22)23;1-13(2,3)10-6-9(12(19)4-5-18)7-11(8-10)20-14(15,16)17/h5-8,11,13,24H,4,9-10,12H2,1-3H3,(H4,22,23,25)(H,26,27,29);6-8,12,19H,4-5,18H2,1-3H3. The summed E-state index contributed by atoms with van der Waals surface area (Å²) in [6.45, 7) is 14.4. The molecule has 1 atom stereocenters. The van der Waals surface area contributed by atoms with Crippen molar-refractivity contribution in [1.82, 2.24) is 19.9 Å². The molecule has 0 radical (unpaired) electrons. The second-order valence-electron chi connectivity index (χ2n) is 13.8. The van der Waals surface area contributed by atoms with Gasteiger partial charge in [0.05, 0.1) is 11.8 Å². The first kappa shape index (κ1) is 39.0. The van der Waals surface area contributed by atoms with Crippen molar-refractivity contribution >= 4 is 17.0 Å². The van der Waals surface area contributed by atoms with Crippen LogP contribution in [0.2, 0.25) is 0 Å². The predicted molar refractivity (Wildman–Crippen MR) is 188 cm³/mol. The Bertz CT molecular complexity index is 1750. The molecule has 4 rings (SSSR count). The Labute approximate surface area is 284 Å². The second-order valence-corrected chi connectivity index (χ2v) is 13.8. The Morgan fingerprint density at radius 1 is 1.04 bits per heavy atom. The lowest BCUT2D eigenvalue weighted by atomic mass is 9.85. The Hall–Kier alpha value is -4.40. The monoisotopic (exact) mass is 686 g/mol. The van der Waals surface area contributed by atoms with Crippen molar-refractivity contribution < 1.29 is 23.0 Å². The van der Waals surface area contributed by atoms with E-state index < -0.39 is 12.5 Å². The van der Waals surface area contributed by atoms with E-state index in [-0.39, 0.29) is 41.2 Å². The molecule has 0 amide bonds. The van der Waals surface area contributed by atoms with Crippen LogP contribution in [0.4, 0.5) is 13.2 Å². The number of alkyl halides is 3. The summed E-state index contributed by atoms with van der Waals surface area (Å²) in [5, 5.41) is 14.2. The third kappa shape index (κ3) is 12.2. The van der Waals surface area contributed by atoms with E-state index in [1.54, 1.807) is 10.6 Å². The van der Waals surface area contributed by atoms with Crippen LogP contribution in [-0.2, 0) is 17.4 Å². The molecule has 11 nitrogen and oxygen atoms in total. The van der Waals surface area contributed by atoms with E-state index in [4.69, 9.17) is 17.2 Å². The normalized spacial score (nSPS) is 12.7. The number of aliphatic hydroxyl groups is 1. The van der Waals surface area contributed by atoms with Gasteiger partial charge in [0.1, 0.15) is 11.4 Å². The zero-order valence-electron chi connectivity index (χ0n) is 29.0. The molecule has 268 valence electrons. The van der Waals surface area contributed by atoms with Crippen LogP contribution in [0.3, 0.4) is 0 Å². The first-order chi connectivity index (χ1) is 22.8. The molecular weight excluding hydrogens is 637 g/mol. The van der Waals surface area contributed by atoms with Crippen LogP contribution in [0.5, 0.6) is 5.75 Å². The van der Waals surface area contributed by atoms with Crippen molar-refractivity contribution in [3.05, 3.63) is 87.6 Å². The highest BCUT2D eigenvalue weighted by Gasteiger charge is 2.32. The molecule has 0 bridgehead atoms. The van der Waals surface area contributed by atoms with Gasteiger partial charge in [-0.15, -0.1) is 13.2 Å². The predicted octanol–water partition coefficient (Wildman–Crippen LogP) is 5.03. The number of nitrogens with two attached hydrogens (primary N) is 3. The van der Waals surface area contributed by atoms with Crippen LogP contribution in [0, 0.1) is 0 Å². The molecule has 0 spiro atoms. The zero-order valence-corrected chi connectivity index (χ0v) is 29.0. The fourth-order valence-electron chi connectivity index (χ4n) is 4.77.